The normalized spacial score (nSPS) is 21.4. The van der Waals surface area contributed by atoms with Gasteiger partial charge in [-0.25, -0.2) is 0 Å². The molecule has 0 aliphatic carbocycles. The summed E-state index contributed by atoms with van der Waals surface area (Å²) in [5.41, 5.74) is 1.46. The molecule has 0 spiro atoms. The molecule has 1 aromatic carbocycles. The first kappa shape index (κ1) is 13.6. The van der Waals surface area contributed by atoms with Gasteiger partial charge in [-0.15, -0.1) is 0 Å². The third kappa shape index (κ3) is 4.11. The van der Waals surface area contributed by atoms with Crippen molar-refractivity contribution in [1.29, 1.82) is 0 Å². The van der Waals surface area contributed by atoms with Gasteiger partial charge in [0.05, 0.1) is 0 Å². The summed E-state index contributed by atoms with van der Waals surface area (Å²) in [5.74, 6) is 0. The second-order valence-corrected chi connectivity index (χ2v) is 5.61. The molecule has 2 atom stereocenters. The maximum absolute atomic E-state index is 3.57. The van der Waals surface area contributed by atoms with Crippen LogP contribution in [0.1, 0.15) is 31.7 Å². The van der Waals surface area contributed by atoms with Crippen molar-refractivity contribution in [2.75, 3.05) is 20.1 Å². The highest BCUT2D eigenvalue weighted by Crippen LogP contribution is 2.12. The number of rotatable bonds is 6. The highest BCUT2D eigenvalue weighted by molar-refractivity contribution is 5.14. The SMILES string of the molecule is CC(CCc1ccccc1)N(C)CC1CCCN1. The van der Waals surface area contributed by atoms with E-state index in [-0.39, 0.29) is 0 Å². The van der Waals surface area contributed by atoms with Crippen molar-refractivity contribution in [1.82, 2.24) is 10.2 Å². The van der Waals surface area contributed by atoms with Crippen molar-refractivity contribution in [3.8, 4) is 0 Å². The Bertz CT molecular complexity index is 330. The highest BCUT2D eigenvalue weighted by atomic mass is 15.2. The minimum atomic E-state index is 0.660. The van der Waals surface area contributed by atoms with Crippen LogP contribution in [0.4, 0.5) is 0 Å². The number of nitrogens with one attached hydrogen (secondary N) is 1. The number of likely N-dealkylation sites (N-methyl/N-ethyl adjacent to an activating group) is 1. The second-order valence-electron chi connectivity index (χ2n) is 5.61. The second kappa shape index (κ2) is 6.91. The average molecular weight is 246 g/mol. The van der Waals surface area contributed by atoms with Gasteiger partial charge in [-0.2, -0.15) is 0 Å². The Morgan fingerprint density at radius 1 is 1.33 bits per heavy atom. The number of hydrogen-bond donors (Lipinski definition) is 1. The molecule has 1 aliphatic heterocycles. The molecule has 100 valence electrons. The molecule has 0 bridgehead atoms. The smallest absolute Gasteiger partial charge is 0.0195 e. The zero-order chi connectivity index (χ0) is 12.8. The summed E-state index contributed by atoms with van der Waals surface area (Å²) in [6.45, 7) is 4.74. The van der Waals surface area contributed by atoms with E-state index in [0.717, 1.165) is 0 Å². The van der Waals surface area contributed by atoms with Crippen LogP contribution in [0.2, 0.25) is 0 Å². The maximum Gasteiger partial charge on any atom is 0.0195 e. The molecule has 18 heavy (non-hydrogen) atoms. The van der Waals surface area contributed by atoms with Gasteiger partial charge in [-0.3, -0.25) is 0 Å². The molecule has 2 unspecified atom stereocenters. The summed E-state index contributed by atoms with van der Waals surface area (Å²) in [4.78, 5) is 2.51. The molecule has 1 saturated heterocycles. The molecule has 2 heteroatoms. The van der Waals surface area contributed by atoms with Crippen molar-refractivity contribution in [2.45, 2.75) is 44.7 Å². The largest absolute Gasteiger partial charge is 0.313 e. The van der Waals surface area contributed by atoms with E-state index in [9.17, 15) is 0 Å². The molecular weight excluding hydrogens is 220 g/mol. The van der Waals surface area contributed by atoms with E-state index in [1.807, 2.05) is 0 Å². The molecule has 0 aromatic heterocycles. The van der Waals surface area contributed by atoms with Crippen LogP contribution in [0.5, 0.6) is 0 Å². The maximum atomic E-state index is 3.57. The van der Waals surface area contributed by atoms with Crippen LogP contribution in [0.3, 0.4) is 0 Å². The number of aryl methyl sites for hydroxylation is 1. The first-order valence-electron chi connectivity index (χ1n) is 7.23. The van der Waals surface area contributed by atoms with Crippen LogP contribution in [0.15, 0.2) is 30.3 Å². The van der Waals surface area contributed by atoms with Gasteiger partial charge in [0, 0.05) is 18.6 Å². The van der Waals surface area contributed by atoms with Gasteiger partial charge in [0.15, 0.2) is 0 Å². The number of nitrogens with zero attached hydrogens (tertiary/aromatic N) is 1. The fourth-order valence-corrected chi connectivity index (χ4v) is 2.68. The van der Waals surface area contributed by atoms with Crippen LogP contribution in [-0.2, 0) is 6.42 Å². The molecule has 1 fully saturated rings. The predicted octanol–water partition coefficient (Wildman–Crippen LogP) is 2.69. The van der Waals surface area contributed by atoms with E-state index in [1.54, 1.807) is 0 Å². The minimum absolute atomic E-state index is 0.660. The van der Waals surface area contributed by atoms with Crippen LogP contribution >= 0.6 is 0 Å². The van der Waals surface area contributed by atoms with Crippen LogP contribution in [0, 0.1) is 0 Å². The van der Waals surface area contributed by atoms with E-state index in [2.05, 4.69) is 54.5 Å². The van der Waals surface area contributed by atoms with Crippen molar-refractivity contribution in [3.63, 3.8) is 0 Å². The van der Waals surface area contributed by atoms with Crippen molar-refractivity contribution in [3.05, 3.63) is 35.9 Å². The number of hydrogen-bond acceptors (Lipinski definition) is 2. The van der Waals surface area contributed by atoms with E-state index < -0.39 is 0 Å². The lowest BCUT2D eigenvalue weighted by Crippen LogP contribution is -2.40. The molecule has 0 saturated carbocycles. The summed E-state index contributed by atoms with van der Waals surface area (Å²) in [6, 6.07) is 12.2. The van der Waals surface area contributed by atoms with Crippen LogP contribution in [0.25, 0.3) is 0 Å². The third-order valence-corrected chi connectivity index (χ3v) is 4.12. The molecular formula is C16H26N2. The Morgan fingerprint density at radius 2 is 2.11 bits per heavy atom. The first-order chi connectivity index (χ1) is 8.75. The summed E-state index contributed by atoms with van der Waals surface area (Å²) in [7, 11) is 2.26. The molecule has 2 rings (SSSR count). The molecule has 2 nitrogen and oxygen atoms in total. The monoisotopic (exact) mass is 246 g/mol. The van der Waals surface area contributed by atoms with Gasteiger partial charge in [-0.05, 0) is 51.8 Å². The highest BCUT2D eigenvalue weighted by Gasteiger charge is 2.18. The van der Waals surface area contributed by atoms with Gasteiger partial charge in [0.2, 0.25) is 0 Å². The summed E-state index contributed by atoms with van der Waals surface area (Å²) < 4.78 is 0. The topological polar surface area (TPSA) is 15.3 Å². The van der Waals surface area contributed by atoms with E-state index in [0.29, 0.717) is 12.1 Å². The average Bonchev–Trinajstić information content (AvgIpc) is 2.90. The predicted molar refractivity (Wildman–Crippen MR) is 77.9 cm³/mol. The Kier molecular flexibility index (Phi) is 5.21. The fraction of sp³-hybridized carbons (Fsp3) is 0.625. The van der Waals surface area contributed by atoms with Crippen molar-refractivity contribution < 1.29 is 0 Å². The summed E-state index contributed by atoms with van der Waals surface area (Å²) in [6.07, 6.45) is 5.12. The molecule has 0 radical (unpaired) electrons. The lowest BCUT2D eigenvalue weighted by atomic mass is 10.0. The molecule has 1 aromatic rings. The van der Waals surface area contributed by atoms with Crippen molar-refractivity contribution >= 4 is 0 Å². The molecule has 1 aliphatic rings. The molecule has 0 amide bonds. The van der Waals surface area contributed by atoms with Gasteiger partial charge in [-0.1, -0.05) is 30.3 Å². The molecule has 1 heterocycles. The van der Waals surface area contributed by atoms with E-state index in [1.165, 1.54) is 44.3 Å². The Hall–Kier alpha value is -0.860. The van der Waals surface area contributed by atoms with E-state index >= 15 is 0 Å². The quantitative estimate of drug-likeness (QED) is 0.830. The van der Waals surface area contributed by atoms with Gasteiger partial charge >= 0.3 is 0 Å². The standard InChI is InChI=1S/C16H26N2/c1-14(10-11-15-7-4-3-5-8-15)18(2)13-16-9-6-12-17-16/h3-5,7-8,14,16-17H,6,9-13H2,1-2H3. The Labute approximate surface area is 111 Å². The Balaban J connectivity index is 1.71. The lowest BCUT2D eigenvalue weighted by Gasteiger charge is -2.27. The molecule has 1 N–H and O–H groups in total. The third-order valence-electron chi connectivity index (χ3n) is 4.12. The first-order valence-corrected chi connectivity index (χ1v) is 7.23. The number of benzene rings is 1. The van der Waals surface area contributed by atoms with E-state index in [4.69, 9.17) is 0 Å². The zero-order valence-corrected chi connectivity index (χ0v) is 11.7. The fourth-order valence-electron chi connectivity index (χ4n) is 2.68. The summed E-state index contributed by atoms with van der Waals surface area (Å²) >= 11 is 0. The van der Waals surface area contributed by atoms with Crippen LogP contribution in [-0.4, -0.2) is 37.1 Å². The Morgan fingerprint density at radius 3 is 2.78 bits per heavy atom. The minimum Gasteiger partial charge on any atom is -0.313 e. The zero-order valence-electron chi connectivity index (χ0n) is 11.7. The lowest BCUT2D eigenvalue weighted by molar-refractivity contribution is 0.226. The van der Waals surface area contributed by atoms with Crippen molar-refractivity contribution in [2.24, 2.45) is 0 Å². The van der Waals surface area contributed by atoms with Gasteiger partial charge in [0.1, 0.15) is 0 Å². The summed E-state index contributed by atoms with van der Waals surface area (Å²) in [5, 5.41) is 3.57. The van der Waals surface area contributed by atoms with Crippen LogP contribution < -0.4 is 5.32 Å². The van der Waals surface area contributed by atoms with Gasteiger partial charge < -0.3 is 10.2 Å². The van der Waals surface area contributed by atoms with Gasteiger partial charge in [0.25, 0.3) is 0 Å².